The summed E-state index contributed by atoms with van der Waals surface area (Å²) in [7, 11) is 0. The fourth-order valence-electron chi connectivity index (χ4n) is 2.74. The summed E-state index contributed by atoms with van der Waals surface area (Å²) in [5.74, 6) is 1.07. The zero-order valence-electron chi connectivity index (χ0n) is 11.9. The Hall–Kier alpha value is -0.810. The van der Waals surface area contributed by atoms with Crippen molar-refractivity contribution in [3.8, 4) is 0 Å². The zero-order valence-corrected chi connectivity index (χ0v) is 12.7. The third kappa shape index (κ3) is 3.83. The van der Waals surface area contributed by atoms with E-state index in [1.54, 1.807) is 18.1 Å². The lowest BCUT2D eigenvalue weighted by Gasteiger charge is -2.36. The van der Waals surface area contributed by atoms with Gasteiger partial charge in [-0.05, 0) is 38.4 Å². The summed E-state index contributed by atoms with van der Waals surface area (Å²) in [5.41, 5.74) is 6.01. The Morgan fingerprint density at radius 3 is 2.68 bits per heavy atom. The van der Waals surface area contributed by atoms with Crippen LogP contribution in [0.1, 0.15) is 39.0 Å². The molecule has 0 radical (unpaired) electrons. The zero-order chi connectivity index (χ0) is 13.7. The van der Waals surface area contributed by atoms with Gasteiger partial charge in [0.1, 0.15) is 17.2 Å². The van der Waals surface area contributed by atoms with Crippen LogP contribution in [0.2, 0.25) is 0 Å². The molecule has 0 spiro atoms. The van der Waals surface area contributed by atoms with Crippen LogP contribution in [-0.4, -0.2) is 34.9 Å². The van der Waals surface area contributed by atoms with Crippen molar-refractivity contribution in [1.82, 2.24) is 9.97 Å². The molecule has 1 fully saturated rings. The molecule has 0 bridgehead atoms. The van der Waals surface area contributed by atoms with Gasteiger partial charge in [0, 0.05) is 24.7 Å². The standard InChI is InChI=1S/C14H24N4S/c1-3-8-18(12-6-4-11(15)5-7-12)13-9-14(19-2)17-10-16-13/h9-12H,3-8,15H2,1-2H3. The van der Waals surface area contributed by atoms with Crippen LogP contribution in [0.4, 0.5) is 5.82 Å². The van der Waals surface area contributed by atoms with E-state index < -0.39 is 0 Å². The third-order valence-electron chi connectivity index (χ3n) is 3.78. The molecule has 1 aromatic rings. The van der Waals surface area contributed by atoms with Crippen LogP contribution in [0.15, 0.2) is 17.4 Å². The van der Waals surface area contributed by atoms with Crippen molar-refractivity contribution in [2.24, 2.45) is 5.73 Å². The van der Waals surface area contributed by atoms with Crippen molar-refractivity contribution in [1.29, 1.82) is 0 Å². The van der Waals surface area contributed by atoms with Gasteiger partial charge in [0.2, 0.25) is 0 Å². The lowest BCUT2D eigenvalue weighted by atomic mass is 9.90. The molecule has 5 heteroatoms. The molecular formula is C14H24N4S. The van der Waals surface area contributed by atoms with Crippen molar-refractivity contribution in [2.45, 2.75) is 56.1 Å². The molecule has 2 N–H and O–H groups in total. The van der Waals surface area contributed by atoms with Crippen molar-refractivity contribution in [2.75, 3.05) is 17.7 Å². The van der Waals surface area contributed by atoms with Crippen LogP contribution in [0.5, 0.6) is 0 Å². The molecule has 0 unspecified atom stereocenters. The molecule has 0 saturated heterocycles. The highest BCUT2D eigenvalue weighted by atomic mass is 32.2. The minimum absolute atomic E-state index is 0.395. The highest BCUT2D eigenvalue weighted by Crippen LogP contribution is 2.27. The first-order chi connectivity index (χ1) is 9.24. The lowest BCUT2D eigenvalue weighted by Crippen LogP contribution is -2.41. The Morgan fingerprint density at radius 1 is 1.32 bits per heavy atom. The van der Waals surface area contributed by atoms with Crippen molar-refractivity contribution in [3.05, 3.63) is 12.4 Å². The van der Waals surface area contributed by atoms with Gasteiger partial charge in [0.25, 0.3) is 0 Å². The number of nitrogens with zero attached hydrogens (tertiary/aromatic N) is 3. The molecule has 1 heterocycles. The van der Waals surface area contributed by atoms with Gasteiger partial charge in [0.15, 0.2) is 0 Å². The Kier molecular flexibility index (Phi) is 5.45. The molecule has 2 rings (SSSR count). The molecule has 0 atom stereocenters. The number of thioether (sulfide) groups is 1. The first kappa shape index (κ1) is 14.6. The van der Waals surface area contributed by atoms with Crippen molar-refractivity contribution >= 4 is 17.6 Å². The normalized spacial score (nSPS) is 23.3. The number of rotatable bonds is 5. The summed E-state index contributed by atoms with van der Waals surface area (Å²) >= 11 is 1.67. The van der Waals surface area contributed by atoms with Gasteiger partial charge in [0.05, 0.1) is 0 Å². The Balaban J connectivity index is 2.14. The predicted molar refractivity (Wildman–Crippen MR) is 81.7 cm³/mol. The number of hydrogen-bond donors (Lipinski definition) is 1. The van der Waals surface area contributed by atoms with Gasteiger partial charge in [-0.3, -0.25) is 0 Å². The number of anilines is 1. The van der Waals surface area contributed by atoms with E-state index in [0.29, 0.717) is 12.1 Å². The van der Waals surface area contributed by atoms with E-state index >= 15 is 0 Å². The van der Waals surface area contributed by atoms with E-state index in [2.05, 4.69) is 34.1 Å². The van der Waals surface area contributed by atoms with Crippen LogP contribution >= 0.6 is 11.8 Å². The first-order valence-corrected chi connectivity index (χ1v) is 8.35. The average Bonchev–Trinajstić information content (AvgIpc) is 2.46. The summed E-state index contributed by atoms with van der Waals surface area (Å²) in [6.07, 6.45) is 9.49. The van der Waals surface area contributed by atoms with Gasteiger partial charge in [-0.15, -0.1) is 11.8 Å². The van der Waals surface area contributed by atoms with E-state index in [-0.39, 0.29) is 0 Å². The molecule has 106 valence electrons. The van der Waals surface area contributed by atoms with Crippen LogP contribution in [0, 0.1) is 0 Å². The minimum Gasteiger partial charge on any atom is -0.354 e. The fourth-order valence-corrected chi connectivity index (χ4v) is 3.11. The first-order valence-electron chi connectivity index (χ1n) is 7.12. The van der Waals surface area contributed by atoms with Gasteiger partial charge >= 0.3 is 0 Å². The average molecular weight is 280 g/mol. The fraction of sp³-hybridized carbons (Fsp3) is 0.714. The summed E-state index contributed by atoms with van der Waals surface area (Å²) in [6, 6.07) is 3.09. The van der Waals surface area contributed by atoms with E-state index in [1.807, 2.05) is 0 Å². The van der Waals surface area contributed by atoms with E-state index in [0.717, 1.165) is 36.7 Å². The van der Waals surface area contributed by atoms with Crippen molar-refractivity contribution in [3.63, 3.8) is 0 Å². The monoisotopic (exact) mass is 280 g/mol. The van der Waals surface area contributed by atoms with E-state index in [1.165, 1.54) is 12.8 Å². The summed E-state index contributed by atoms with van der Waals surface area (Å²) in [4.78, 5) is 11.2. The maximum atomic E-state index is 6.01. The molecule has 0 aliphatic heterocycles. The molecule has 4 nitrogen and oxygen atoms in total. The molecule has 1 aromatic heterocycles. The Bertz CT molecular complexity index is 391. The molecule has 1 aliphatic rings. The SMILES string of the molecule is CCCN(c1cc(SC)ncn1)C1CCC(N)CC1. The Morgan fingerprint density at radius 2 is 2.05 bits per heavy atom. The van der Waals surface area contributed by atoms with Crippen LogP contribution in [0.3, 0.4) is 0 Å². The highest BCUT2D eigenvalue weighted by Gasteiger charge is 2.24. The number of aromatic nitrogens is 2. The number of hydrogen-bond acceptors (Lipinski definition) is 5. The molecular weight excluding hydrogens is 256 g/mol. The maximum absolute atomic E-state index is 6.01. The largest absolute Gasteiger partial charge is 0.354 e. The smallest absolute Gasteiger partial charge is 0.133 e. The van der Waals surface area contributed by atoms with Gasteiger partial charge in [-0.1, -0.05) is 6.92 Å². The highest BCUT2D eigenvalue weighted by molar-refractivity contribution is 7.98. The summed E-state index contributed by atoms with van der Waals surface area (Å²) in [5, 5.41) is 1.04. The molecule has 1 aliphatic carbocycles. The summed E-state index contributed by atoms with van der Waals surface area (Å²) in [6.45, 7) is 3.28. The molecule has 0 aromatic carbocycles. The second-order valence-corrected chi connectivity index (χ2v) is 6.01. The molecule has 19 heavy (non-hydrogen) atoms. The van der Waals surface area contributed by atoms with E-state index in [4.69, 9.17) is 5.73 Å². The number of nitrogens with two attached hydrogens (primary N) is 1. The third-order valence-corrected chi connectivity index (χ3v) is 4.42. The topological polar surface area (TPSA) is 55.0 Å². The van der Waals surface area contributed by atoms with Gasteiger partial charge < -0.3 is 10.6 Å². The molecule has 1 saturated carbocycles. The van der Waals surface area contributed by atoms with Crippen LogP contribution < -0.4 is 10.6 Å². The quantitative estimate of drug-likeness (QED) is 0.664. The second-order valence-electron chi connectivity index (χ2n) is 5.18. The van der Waals surface area contributed by atoms with Crippen molar-refractivity contribution < 1.29 is 0 Å². The second kappa shape index (κ2) is 7.10. The van der Waals surface area contributed by atoms with Gasteiger partial charge in [-0.25, -0.2) is 9.97 Å². The van der Waals surface area contributed by atoms with Crippen LogP contribution in [0.25, 0.3) is 0 Å². The Labute approximate surface area is 120 Å². The summed E-state index contributed by atoms with van der Waals surface area (Å²) < 4.78 is 0. The molecule has 0 amide bonds. The lowest BCUT2D eigenvalue weighted by molar-refractivity contribution is 0.374. The predicted octanol–water partition coefficient (Wildman–Crippen LogP) is 2.68. The van der Waals surface area contributed by atoms with Gasteiger partial charge in [-0.2, -0.15) is 0 Å². The van der Waals surface area contributed by atoms with E-state index in [9.17, 15) is 0 Å². The maximum Gasteiger partial charge on any atom is 0.133 e. The van der Waals surface area contributed by atoms with Crippen LogP contribution in [-0.2, 0) is 0 Å². The minimum atomic E-state index is 0.395.